The lowest BCUT2D eigenvalue weighted by atomic mass is 10.2. The van der Waals surface area contributed by atoms with Crippen molar-refractivity contribution in [2.24, 2.45) is 0 Å². The molecule has 0 atom stereocenters. The fourth-order valence-electron chi connectivity index (χ4n) is 3.29. The Kier molecular flexibility index (Phi) is 9.68. The van der Waals surface area contributed by atoms with Crippen LogP contribution in [-0.2, 0) is 26.2 Å². The second-order valence-corrected chi connectivity index (χ2v) is 11.1. The molecule has 0 aliphatic carbocycles. The molecule has 1 heterocycles. The predicted molar refractivity (Wildman–Crippen MR) is 140 cm³/mol. The van der Waals surface area contributed by atoms with Crippen molar-refractivity contribution in [2.75, 3.05) is 5.32 Å². The van der Waals surface area contributed by atoms with Gasteiger partial charge in [0.15, 0.2) is 17.5 Å². The number of unbranched alkanes of at least 4 members (excludes halogenated alkanes) is 1. The molecule has 0 bridgehead atoms. The minimum Gasteiger partial charge on any atom is -0.322 e. The van der Waals surface area contributed by atoms with Gasteiger partial charge < -0.3 is 5.32 Å². The average Bonchev–Trinajstić information content (AvgIpc) is 2.83. The minimum absolute atomic E-state index is 0.0591. The summed E-state index contributed by atoms with van der Waals surface area (Å²) >= 11 is 5.43. The molecule has 3 rings (SSSR count). The first-order valence-electron chi connectivity index (χ1n) is 11.1. The van der Waals surface area contributed by atoms with Crippen molar-refractivity contribution < 1.29 is 27.4 Å². The van der Waals surface area contributed by atoms with Crippen LogP contribution in [0.1, 0.15) is 36.5 Å². The fraction of sp³-hybridized carbons (Fsp3) is 0.200. The Labute approximate surface area is 220 Å². The molecule has 1 aromatic heterocycles. The number of carbonyl (C=O) groups excluding carboxylic acids is 3. The number of rotatable bonds is 10. The van der Waals surface area contributed by atoms with Crippen LogP contribution in [0.2, 0.25) is 0 Å². The number of thioether (sulfide) groups is 1. The average molecular weight is 545 g/mol. The number of nitrogens with one attached hydrogen (secondary N) is 2. The highest BCUT2D eigenvalue weighted by Gasteiger charge is 2.19. The van der Waals surface area contributed by atoms with Gasteiger partial charge in [-0.25, -0.2) is 17.7 Å². The van der Waals surface area contributed by atoms with Gasteiger partial charge in [0.2, 0.25) is 5.91 Å². The van der Waals surface area contributed by atoms with E-state index in [2.05, 4.69) is 22.5 Å². The van der Waals surface area contributed by atoms with Gasteiger partial charge in [-0.05, 0) is 54.6 Å². The molecule has 2 N–H and O–H groups in total. The Morgan fingerprint density at radius 3 is 2.31 bits per heavy atom. The maximum Gasteiger partial charge on any atom is 0.264 e. The first kappa shape index (κ1) is 27.4. The standard InChI is InChI=1S/C25H25N3O5S3/c1-18(29)27-36(32,33)20-13-11-19(12-14-20)26-25(31)21-8-7-9-22(34)24(21)35-23(30)10-3-6-17-28-15-4-2-5-16-28/h2,4-5,7-9,11-16H,3,6,10,17H2,1H3,(H2-,26,27,29,31,34)/p+1. The lowest BCUT2D eigenvalue weighted by Gasteiger charge is -2.12. The van der Waals surface area contributed by atoms with Crippen LogP contribution < -0.4 is 14.6 Å². The highest BCUT2D eigenvalue weighted by molar-refractivity contribution is 8.13. The molecular weight excluding hydrogens is 518 g/mol. The van der Waals surface area contributed by atoms with Crippen molar-refractivity contribution in [1.29, 1.82) is 0 Å². The zero-order valence-corrected chi connectivity index (χ0v) is 22.0. The molecule has 0 unspecified atom stereocenters. The first-order valence-corrected chi connectivity index (χ1v) is 13.8. The molecule has 11 heteroatoms. The Morgan fingerprint density at radius 2 is 1.64 bits per heavy atom. The normalized spacial score (nSPS) is 11.1. The number of pyridine rings is 1. The van der Waals surface area contributed by atoms with Gasteiger partial charge in [-0.15, -0.1) is 12.6 Å². The van der Waals surface area contributed by atoms with Gasteiger partial charge in [0.05, 0.1) is 10.5 Å². The van der Waals surface area contributed by atoms with Crippen LogP contribution in [0.5, 0.6) is 0 Å². The van der Waals surface area contributed by atoms with E-state index in [1.165, 1.54) is 24.3 Å². The quantitative estimate of drug-likeness (QED) is 0.155. The predicted octanol–water partition coefficient (Wildman–Crippen LogP) is 3.83. The Bertz CT molecular complexity index is 1350. The molecule has 0 aliphatic rings. The van der Waals surface area contributed by atoms with E-state index in [9.17, 15) is 22.8 Å². The van der Waals surface area contributed by atoms with Gasteiger partial charge in [0.1, 0.15) is 6.54 Å². The monoisotopic (exact) mass is 544 g/mol. The Morgan fingerprint density at radius 1 is 0.944 bits per heavy atom. The summed E-state index contributed by atoms with van der Waals surface area (Å²) in [6.45, 7) is 1.92. The van der Waals surface area contributed by atoms with E-state index in [4.69, 9.17) is 0 Å². The molecule has 3 aromatic rings. The van der Waals surface area contributed by atoms with Crippen molar-refractivity contribution in [3.05, 3.63) is 78.6 Å². The number of nitrogens with zero attached hydrogens (tertiary/aromatic N) is 1. The van der Waals surface area contributed by atoms with E-state index < -0.39 is 21.8 Å². The molecule has 0 radical (unpaired) electrons. The van der Waals surface area contributed by atoms with Gasteiger partial charge in [-0.2, -0.15) is 0 Å². The Hall–Kier alpha value is -3.15. The molecule has 0 saturated heterocycles. The molecule has 0 saturated carbocycles. The van der Waals surface area contributed by atoms with E-state index >= 15 is 0 Å². The van der Waals surface area contributed by atoms with Crippen LogP contribution in [0.15, 0.2) is 87.7 Å². The van der Waals surface area contributed by atoms with Crippen LogP contribution in [0, 0.1) is 0 Å². The molecule has 2 amide bonds. The highest BCUT2D eigenvalue weighted by Crippen LogP contribution is 2.32. The van der Waals surface area contributed by atoms with Crippen molar-refractivity contribution in [2.45, 2.75) is 47.4 Å². The van der Waals surface area contributed by atoms with Gasteiger partial charge in [-0.1, -0.05) is 12.1 Å². The number of hydrogen-bond donors (Lipinski definition) is 3. The molecule has 36 heavy (non-hydrogen) atoms. The van der Waals surface area contributed by atoms with Crippen molar-refractivity contribution >= 4 is 57.0 Å². The van der Waals surface area contributed by atoms with E-state index in [-0.39, 0.29) is 15.6 Å². The number of carbonyl (C=O) groups is 3. The number of anilines is 1. The summed E-state index contributed by atoms with van der Waals surface area (Å²) < 4.78 is 28.1. The SMILES string of the molecule is CC(=O)NS(=O)(=O)c1ccc(NC(=O)c2cccc(S)c2SC(=O)CCCC[n+]2ccccc2)cc1. The lowest BCUT2D eigenvalue weighted by Crippen LogP contribution is -2.32. The summed E-state index contributed by atoms with van der Waals surface area (Å²) in [6, 6.07) is 16.2. The molecular formula is C25H26N3O5S3+. The second kappa shape index (κ2) is 12.7. The number of aromatic nitrogens is 1. The molecule has 8 nitrogen and oxygen atoms in total. The van der Waals surface area contributed by atoms with Crippen LogP contribution in [0.3, 0.4) is 0 Å². The molecule has 0 aliphatic heterocycles. The van der Waals surface area contributed by atoms with E-state index in [1.807, 2.05) is 35.3 Å². The van der Waals surface area contributed by atoms with Gasteiger partial charge in [0.25, 0.3) is 15.9 Å². The molecule has 0 spiro atoms. The third-order valence-electron chi connectivity index (χ3n) is 4.98. The number of benzene rings is 2. The smallest absolute Gasteiger partial charge is 0.264 e. The van der Waals surface area contributed by atoms with Gasteiger partial charge >= 0.3 is 0 Å². The minimum atomic E-state index is -3.97. The summed E-state index contributed by atoms with van der Waals surface area (Å²) in [5.41, 5.74) is 0.641. The molecule has 2 aromatic carbocycles. The number of thiol groups is 1. The first-order chi connectivity index (χ1) is 17.2. The number of sulfonamides is 1. The molecule has 0 fully saturated rings. The number of amides is 2. The lowest BCUT2D eigenvalue weighted by molar-refractivity contribution is -0.697. The van der Waals surface area contributed by atoms with Crippen LogP contribution in [-0.4, -0.2) is 25.3 Å². The summed E-state index contributed by atoms with van der Waals surface area (Å²) in [5, 5.41) is 2.65. The van der Waals surface area contributed by atoms with Crippen LogP contribution in [0.4, 0.5) is 5.69 Å². The number of aryl methyl sites for hydroxylation is 1. The van der Waals surface area contributed by atoms with Crippen LogP contribution in [0.25, 0.3) is 0 Å². The zero-order chi connectivity index (χ0) is 26.1. The van der Waals surface area contributed by atoms with Gasteiger partial charge in [0, 0.05) is 47.4 Å². The number of hydrogen-bond acceptors (Lipinski definition) is 7. The van der Waals surface area contributed by atoms with E-state index in [1.54, 1.807) is 18.2 Å². The Balaban J connectivity index is 1.62. The largest absolute Gasteiger partial charge is 0.322 e. The van der Waals surface area contributed by atoms with E-state index in [0.29, 0.717) is 21.9 Å². The second-order valence-electron chi connectivity index (χ2n) is 7.84. The van der Waals surface area contributed by atoms with E-state index in [0.717, 1.165) is 38.1 Å². The summed E-state index contributed by atoms with van der Waals surface area (Å²) in [6.07, 6.45) is 5.90. The van der Waals surface area contributed by atoms with Crippen molar-refractivity contribution in [3.8, 4) is 0 Å². The maximum absolute atomic E-state index is 13.0. The molecule has 188 valence electrons. The third-order valence-corrected chi connectivity index (χ3v) is 8.03. The van der Waals surface area contributed by atoms with Gasteiger partial charge in [-0.3, -0.25) is 14.4 Å². The highest BCUT2D eigenvalue weighted by atomic mass is 32.2. The topological polar surface area (TPSA) is 113 Å². The third kappa shape index (κ3) is 7.94. The van der Waals surface area contributed by atoms with Crippen molar-refractivity contribution in [3.63, 3.8) is 0 Å². The zero-order valence-electron chi connectivity index (χ0n) is 19.5. The summed E-state index contributed by atoms with van der Waals surface area (Å²) in [5.74, 6) is -1.16. The van der Waals surface area contributed by atoms with Crippen LogP contribution >= 0.6 is 24.4 Å². The summed E-state index contributed by atoms with van der Waals surface area (Å²) in [4.78, 5) is 37.5. The maximum atomic E-state index is 13.0. The fourth-order valence-corrected chi connectivity index (χ4v) is 5.54. The van der Waals surface area contributed by atoms with Crippen molar-refractivity contribution in [1.82, 2.24) is 4.72 Å². The summed E-state index contributed by atoms with van der Waals surface area (Å²) in [7, 11) is -3.97.